The molecule has 0 unspecified atom stereocenters. The highest BCUT2D eigenvalue weighted by Gasteiger charge is 2.22. The molecule has 0 aromatic heterocycles. The van der Waals surface area contributed by atoms with Crippen LogP contribution in [-0.2, 0) is 4.79 Å². The summed E-state index contributed by atoms with van der Waals surface area (Å²) in [6.45, 7) is 0. The number of para-hydroxylation sites is 1. The number of carboxylic acid groups (broad SMARTS) is 1. The van der Waals surface area contributed by atoms with Crippen LogP contribution in [0.15, 0.2) is 59.5 Å². The molecule has 2 aromatic rings. The highest BCUT2D eigenvalue weighted by atomic mass is 32.2. The van der Waals surface area contributed by atoms with Crippen molar-refractivity contribution in [3.63, 3.8) is 0 Å². The number of rotatable bonds is 8. The summed E-state index contributed by atoms with van der Waals surface area (Å²) in [5.74, 6) is -1.14. The number of nitrogens with zero attached hydrogens (tertiary/aromatic N) is 1. The van der Waals surface area contributed by atoms with E-state index in [4.69, 9.17) is 0 Å². The van der Waals surface area contributed by atoms with Crippen LogP contribution in [0.1, 0.15) is 10.4 Å². The topological polar surface area (TPSA) is 110 Å². The molecule has 0 saturated carbocycles. The van der Waals surface area contributed by atoms with Crippen molar-refractivity contribution in [2.75, 3.05) is 5.75 Å². The average molecular weight is 378 g/mol. The number of carboxylic acids is 1. The van der Waals surface area contributed by atoms with Gasteiger partial charge in [0.25, 0.3) is 5.69 Å². The SMILES string of the molecule is O=C(SC[C@@H](NSc1ccccc1[N+](=O)[O-])C(=O)O)c1ccccc1. The van der Waals surface area contributed by atoms with Crippen LogP contribution in [0.4, 0.5) is 5.69 Å². The molecule has 0 aliphatic rings. The molecule has 0 saturated heterocycles. The number of carbonyl (C=O) groups excluding carboxylic acids is 1. The molecular formula is C16H14N2O5S2. The summed E-state index contributed by atoms with van der Waals surface area (Å²) in [7, 11) is 0. The van der Waals surface area contributed by atoms with E-state index in [0.717, 1.165) is 23.7 Å². The summed E-state index contributed by atoms with van der Waals surface area (Å²) < 4.78 is 2.68. The van der Waals surface area contributed by atoms with Crippen molar-refractivity contribution in [2.24, 2.45) is 0 Å². The molecule has 1 atom stereocenters. The first-order chi connectivity index (χ1) is 12.0. The fraction of sp³-hybridized carbons (Fsp3) is 0.125. The highest BCUT2D eigenvalue weighted by Crippen LogP contribution is 2.27. The van der Waals surface area contributed by atoms with Crippen molar-refractivity contribution in [1.82, 2.24) is 4.72 Å². The van der Waals surface area contributed by atoms with Crippen LogP contribution in [-0.4, -0.2) is 32.9 Å². The standard InChI is InChI=1S/C16H14N2O5S2/c19-15(20)12(10-24-16(21)11-6-2-1-3-7-11)17-25-14-9-5-4-8-13(14)18(22)23/h1-9,12,17H,10H2,(H,19,20)/t12-/m1/s1. The lowest BCUT2D eigenvalue weighted by molar-refractivity contribution is -0.387. The van der Waals surface area contributed by atoms with Gasteiger partial charge in [0.1, 0.15) is 10.9 Å². The summed E-state index contributed by atoms with van der Waals surface area (Å²) in [5, 5.41) is 20.0. The zero-order valence-corrected chi connectivity index (χ0v) is 14.5. The van der Waals surface area contributed by atoms with Crippen molar-refractivity contribution >= 4 is 40.5 Å². The Labute approximate surface area is 152 Å². The fourth-order valence-electron chi connectivity index (χ4n) is 1.80. The van der Waals surface area contributed by atoms with Gasteiger partial charge in [0, 0.05) is 17.4 Å². The van der Waals surface area contributed by atoms with Crippen molar-refractivity contribution in [2.45, 2.75) is 10.9 Å². The molecule has 130 valence electrons. The lowest BCUT2D eigenvalue weighted by Gasteiger charge is -2.13. The molecule has 2 rings (SSSR count). The third kappa shape index (κ3) is 5.59. The van der Waals surface area contributed by atoms with Crippen LogP contribution < -0.4 is 4.72 Å². The Morgan fingerprint density at radius 3 is 2.40 bits per heavy atom. The zero-order chi connectivity index (χ0) is 18.2. The van der Waals surface area contributed by atoms with Crippen LogP contribution in [0, 0.1) is 10.1 Å². The Morgan fingerprint density at radius 1 is 1.12 bits per heavy atom. The quantitative estimate of drug-likeness (QED) is 0.409. The lowest BCUT2D eigenvalue weighted by Crippen LogP contribution is -2.35. The Kier molecular flexibility index (Phi) is 6.99. The Bertz CT molecular complexity index is 770. The number of nitrogens with one attached hydrogen (secondary N) is 1. The number of nitro benzene ring substituents is 1. The van der Waals surface area contributed by atoms with Gasteiger partial charge in [-0.3, -0.25) is 19.7 Å². The molecular weight excluding hydrogens is 364 g/mol. The second-order valence-corrected chi connectivity index (χ2v) is 6.67. The molecule has 0 fully saturated rings. The van der Waals surface area contributed by atoms with Crippen molar-refractivity contribution < 1.29 is 19.6 Å². The van der Waals surface area contributed by atoms with Gasteiger partial charge in [-0.1, -0.05) is 54.2 Å². The smallest absolute Gasteiger partial charge is 0.322 e. The minimum absolute atomic E-state index is 0.00328. The molecule has 7 nitrogen and oxygen atoms in total. The summed E-state index contributed by atoms with van der Waals surface area (Å²) in [6, 6.07) is 13.5. The van der Waals surface area contributed by atoms with Gasteiger partial charge in [0.15, 0.2) is 0 Å². The van der Waals surface area contributed by atoms with Gasteiger partial charge < -0.3 is 5.11 Å². The maximum Gasteiger partial charge on any atom is 0.322 e. The van der Waals surface area contributed by atoms with Gasteiger partial charge in [-0.05, 0) is 18.0 Å². The third-order valence-electron chi connectivity index (χ3n) is 3.06. The number of hydrogen-bond donors (Lipinski definition) is 2. The Morgan fingerprint density at radius 2 is 1.76 bits per heavy atom. The van der Waals surface area contributed by atoms with E-state index in [1.807, 2.05) is 0 Å². The fourth-order valence-corrected chi connectivity index (χ4v) is 3.60. The summed E-state index contributed by atoms with van der Waals surface area (Å²) >= 11 is 1.74. The van der Waals surface area contributed by atoms with E-state index >= 15 is 0 Å². The predicted molar refractivity (Wildman–Crippen MR) is 96.7 cm³/mol. The largest absolute Gasteiger partial charge is 0.480 e. The van der Waals surface area contributed by atoms with Crippen LogP contribution in [0.5, 0.6) is 0 Å². The second kappa shape index (κ2) is 9.21. The first-order valence-corrected chi connectivity index (χ1v) is 8.90. The van der Waals surface area contributed by atoms with E-state index in [9.17, 15) is 24.8 Å². The summed E-state index contributed by atoms with van der Waals surface area (Å²) in [4.78, 5) is 34.1. The highest BCUT2D eigenvalue weighted by molar-refractivity contribution is 8.14. The van der Waals surface area contributed by atoms with E-state index in [2.05, 4.69) is 4.72 Å². The lowest BCUT2D eigenvalue weighted by atomic mass is 10.2. The van der Waals surface area contributed by atoms with E-state index in [0.29, 0.717) is 10.5 Å². The van der Waals surface area contributed by atoms with E-state index in [-0.39, 0.29) is 16.6 Å². The molecule has 0 heterocycles. The number of thioether (sulfide) groups is 1. The zero-order valence-electron chi connectivity index (χ0n) is 12.8. The average Bonchev–Trinajstić information content (AvgIpc) is 2.62. The van der Waals surface area contributed by atoms with E-state index in [1.54, 1.807) is 36.4 Å². The first kappa shape index (κ1) is 19.0. The number of nitro groups is 1. The van der Waals surface area contributed by atoms with Crippen LogP contribution in [0.25, 0.3) is 0 Å². The monoisotopic (exact) mass is 378 g/mol. The Balaban J connectivity index is 1.97. The number of benzene rings is 2. The van der Waals surface area contributed by atoms with Gasteiger partial charge in [-0.15, -0.1) is 0 Å². The number of carbonyl (C=O) groups is 2. The third-order valence-corrected chi connectivity index (χ3v) is 5.03. The number of aliphatic carboxylic acids is 1. The molecule has 0 bridgehead atoms. The normalized spacial score (nSPS) is 11.7. The summed E-state index contributed by atoms with van der Waals surface area (Å²) in [6.07, 6.45) is 0. The first-order valence-electron chi connectivity index (χ1n) is 7.10. The summed E-state index contributed by atoms with van der Waals surface area (Å²) in [5.41, 5.74) is 0.375. The van der Waals surface area contributed by atoms with Crippen LogP contribution >= 0.6 is 23.7 Å². The van der Waals surface area contributed by atoms with Gasteiger partial charge in [0.2, 0.25) is 5.12 Å². The van der Waals surface area contributed by atoms with Gasteiger partial charge >= 0.3 is 5.97 Å². The molecule has 0 radical (unpaired) electrons. The maximum absolute atomic E-state index is 12.0. The van der Waals surface area contributed by atoms with E-state index < -0.39 is 16.9 Å². The predicted octanol–water partition coefficient (Wildman–Crippen LogP) is 3.22. The molecule has 2 aromatic carbocycles. The minimum Gasteiger partial charge on any atom is -0.480 e. The Hall–Kier alpha value is -2.36. The van der Waals surface area contributed by atoms with Crippen LogP contribution in [0.3, 0.4) is 0 Å². The van der Waals surface area contributed by atoms with Gasteiger partial charge in [-0.25, -0.2) is 4.72 Å². The second-order valence-electron chi connectivity index (χ2n) is 4.80. The molecule has 25 heavy (non-hydrogen) atoms. The van der Waals surface area contributed by atoms with E-state index in [1.165, 1.54) is 18.2 Å². The van der Waals surface area contributed by atoms with Crippen LogP contribution in [0.2, 0.25) is 0 Å². The minimum atomic E-state index is -1.14. The molecule has 2 N–H and O–H groups in total. The van der Waals surface area contributed by atoms with Gasteiger partial charge in [0.05, 0.1) is 4.92 Å². The molecule has 9 heteroatoms. The molecule has 0 amide bonds. The van der Waals surface area contributed by atoms with Gasteiger partial charge in [-0.2, -0.15) is 0 Å². The molecule has 0 aliphatic heterocycles. The van der Waals surface area contributed by atoms with Crippen molar-refractivity contribution in [3.05, 3.63) is 70.3 Å². The molecule has 0 aliphatic carbocycles. The molecule has 0 spiro atoms. The van der Waals surface area contributed by atoms with Crippen molar-refractivity contribution in [3.8, 4) is 0 Å². The number of hydrogen-bond acceptors (Lipinski definition) is 7. The maximum atomic E-state index is 12.0. The van der Waals surface area contributed by atoms with Crippen molar-refractivity contribution in [1.29, 1.82) is 0 Å².